The highest BCUT2D eigenvalue weighted by molar-refractivity contribution is 5.92. The molecule has 0 bridgehead atoms. The van der Waals surface area contributed by atoms with Crippen molar-refractivity contribution in [2.75, 3.05) is 26.0 Å². The van der Waals surface area contributed by atoms with E-state index >= 15 is 0 Å². The summed E-state index contributed by atoms with van der Waals surface area (Å²) in [6, 6.07) is 9.92. The van der Waals surface area contributed by atoms with Crippen molar-refractivity contribution in [1.82, 2.24) is 4.90 Å². The Balaban J connectivity index is 1.97. The molecule has 0 amide bonds. The first kappa shape index (κ1) is 13.9. The third-order valence-corrected chi connectivity index (χ3v) is 4.07. The predicted molar refractivity (Wildman–Crippen MR) is 81.4 cm³/mol. The Morgan fingerprint density at radius 3 is 2.47 bits per heavy atom. The molecular weight excluding hydrogens is 236 g/mol. The summed E-state index contributed by atoms with van der Waals surface area (Å²) >= 11 is 0. The van der Waals surface area contributed by atoms with Gasteiger partial charge in [0.15, 0.2) is 5.96 Å². The van der Waals surface area contributed by atoms with Crippen LogP contribution in [-0.4, -0.2) is 37.0 Å². The molecular formula is C15H24N4. The first-order chi connectivity index (χ1) is 9.12. The van der Waals surface area contributed by atoms with Crippen molar-refractivity contribution in [3.05, 3.63) is 30.3 Å². The predicted octanol–water partition coefficient (Wildman–Crippen LogP) is 2.29. The van der Waals surface area contributed by atoms with Crippen LogP contribution in [0.1, 0.15) is 25.7 Å². The highest BCUT2D eigenvalue weighted by atomic mass is 15.2. The lowest BCUT2D eigenvalue weighted by atomic mass is 9.96. The van der Waals surface area contributed by atoms with Crippen molar-refractivity contribution in [3.8, 4) is 0 Å². The Kier molecular flexibility index (Phi) is 4.43. The highest BCUT2D eigenvalue weighted by Crippen LogP contribution is 2.33. The molecule has 104 valence electrons. The van der Waals surface area contributed by atoms with E-state index in [0.29, 0.717) is 5.96 Å². The maximum absolute atomic E-state index is 5.96. The monoisotopic (exact) mass is 260 g/mol. The molecule has 0 aromatic heterocycles. The third-order valence-electron chi connectivity index (χ3n) is 4.07. The number of aliphatic imine (C=N–C) groups is 1. The SMILES string of the molecule is CN(C)C1(CN=C(N)Nc2ccccc2)CCCC1. The number of likely N-dealkylation sites (N-methyl/N-ethyl adjacent to an activating group) is 1. The summed E-state index contributed by atoms with van der Waals surface area (Å²) in [4.78, 5) is 6.84. The van der Waals surface area contributed by atoms with Gasteiger partial charge in [-0.3, -0.25) is 4.99 Å². The molecule has 0 aliphatic heterocycles. The number of benzene rings is 1. The summed E-state index contributed by atoms with van der Waals surface area (Å²) in [5, 5.41) is 3.13. The number of nitrogens with two attached hydrogens (primary N) is 1. The smallest absolute Gasteiger partial charge is 0.193 e. The number of nitrogens with one attached hydrogen (secondary N) is 1. The third kappa shape index (κ3) is 3.47. The molecule has 1 aromatic carbocycles. The largest absolute Gasteiger partial charge is 0.370 e. The molecule has 4 heteroatoms. The van der Waals surface area contributed by atoms with Crippen LogP contribution in [0.5, 0.6) is 0 Å². The Bertz CT molecular complexity index is 419. The Hall–Kier alpha value is -1.55. The lowest BCUT2D eigenvalue weighted by Crippen LogP contribution is -2.45. The minimum Gasteiger partial charge on any atom is -0.370 e. The van der Waals surface area contributed by atoms with E-state index in [9.17, 15) is 0 Å². The van der Waals surface area contributed by atoms with Crippen molar-refractivity contribution in [2.24, 2.45) is 10.7 Å². The van der Waals surface area contributed by atoms with E-state index in [0.717, 1.165) is 12.2 Å². The average molecular weight is 260 g/mol. The van der Waals surface area contributed by atoms with Crippen LogP contribution in [0.4, 0.5) is 5.69 Å². The Morgan fingerprint density at radius 2 is 1.89 bits per heavy atom. The molecule has 1 saturated carbocycles. The fourth-order valence-corrected chi connectivity index (χ4v) is 2.72. The molecule has 1 fully saturated rings. The van der Waals surface area contributed by atoms with E-state index < -0.39 is 0 Å². The van der Waals surface area contributed by atoms with Crippen molar-refractivity contribution >= 4 is 11.6 Å². The lowest BCUT2D eigenvalue weighted by molar-refractivity contribution is 0.167. The van der Waals surface area contributed by atoms with Gasteiger partial charge >= 0.3 is 0 Å². The van der Waals surface area contributed by atoms with Gasteiger partial charge in [0.25, 0.3) is 0 Å². The highest BCUT2D eigenvalue weighted by Gasteiger charge is 2.35. The van der Waals surface area contributed by atoms with Crippen LogP contribution in [0.15, 0.2) is 35.3 Å². The van der Waals surface area contributed by atoms with Crippen molar-refractivity contribution < 1.29 is 0 Å². The average Bonchev–Trinajstić information content (AvgIpc) is 2.88. The van der Waals surface area contributed by atoms with E-state index in [1.807, 2.05) is 30.3 Å². The summed E-state index contributed by atoms with van der Waals surface area (Å²) in [7, 11) is 4.28. The second kappa shape index (κ2) is 6.06. The van der Waals surface area contributed by atoms with Gasteiger partial charge in [0, 0.05) is 11.2 Å². The number of anilines is 1. The molecule has 19 heavy (non-hydrogen) atoms. The lowest BCUT2D eigenvalue weighted by Gasteiger charge is -2.34. The molecule has 0 atom stereocenters. The molecule has 1 aromatic rings. The van der Waals surface area contributed by atoms with Crippen molar-refractivity contribution in [3.63, 3.8) is 0 Å². The van der Waals surface area contributed by atoms with E-state index in [2.05, 4.69) is 29.3 Å². The summed E-state index contributed by atoms with van der Waals surface area (Å²) in [6.45, 7) is 0.770. The Morgan fingerprint density at radius 1 is 1.26 bits per heavy atom. The molecule has 0 radical (unpaired) electrons. The number of para-hydroxylation sites is 1. The zero-order valence-corrected chi connectivity index (χ0v) is 11.9. The molecule has 0 saturated heterocycles. The van der Waals surface area contributed by atoms with E-state index in [4.69, 9.17) is 5.73 Å². The maximum Gasteiger partial charge on any atom is 0.193 e. The summed E-state index contributed by atoms with van der Waals surface area (Å²) in [5.41, 5.74) is 7.14. The minimum absolute atomic E-state index is 0.197. The first-order valence-electron chi connectivity index (χ1n) is 6.92. The topological polar surface area (TPSA) is 53.6 Å². The second-order valence-corrected chi connectivity index (χ2v) is 5.52. The van der Waals surface area contributed by atoms with Crippen LogP contribution in [-0.2, 0) is 0 Å². The fourth-order valence-electron chi connectivity index (χ4n) is 2.72. The van der Waals surface area contributed by atoms with Gasteiger partial charge < -0.3 is 16.0 Å². The number of guanidine groups is 1. The number of rotatable bonds is 4. The quantitative estimate of drug-likeness (QED) is 0.645. The second-order valence-electron chi connectivity index (χ2n) is 5.52. The molecule has 0 heterocycles. The van der Waals surface area contributed by atoms with Gasteiger partial charge in [-0.25, -0.2) is 0 Å². The van der Waals surface area contributed by atoms with Crippen LogP contribution >= 0.6 is 0 Å². The van der Waals surface area contributed by atoms with Crippen LogP contribution in [0, 0.1) is 0 Å². The van der Waals surface area contributed by atoms with Gasteiger partial charge in [0.05, 0.1) is 6.54 Å². The molecule has 0 unspecified atom stereocenters. The van der Waals surface area contributed by atoms with Gasteiger partial charge in [-0.15, -0.1) is 0 Å². The van der Waals surface area contributed by atoms with E-state index in [-0.39, 0.29) is 5.54 Å². The number of nitrogens with zero attached hydrogens (tertiary/aromatic N) is 2. The summed E-state index contributed by atoms with van der Waals surface area (Å²) in [5.74, 6) is 0.499. The van der Waals surface area contributed by atoms with Crippen LogP contribution in [0.3, 0.4) is 0 Å². The van der Waals surface area contributed by atoms with Gasteiger partial charge in [0.1, 0.15) is 0 Å². The van der Waals surface area contributed by atoms with Crippen molar-refractivity contribution in [1.29, 1.82) is 0 Å². The molecule has 0 spiro atoms. The van der Waals surface area contributed by atoms with Crippen LogP contribution in [0.25, 0.3) is 0 Å². The fraction of sp³-hybridized carbons (Fsp3) is 0.533. The standard InChI is InChI=1S/C15H24N4/c1-19(2)15(10-6-7-11-15)12-17-14(16)18-13-8-4-3-5-9-13/h3-5,8-9H,6-7,10-12H2,1-2H3,(H3,16,17,18). The van der Waals surface area contributed by atoms with E-state index in [1.54, 1.807) is 0 Å². The van der Waals surface area contributed by atoms with Gasteiger partial charge in [0.2, 0.25) is 0 Å². The number of hydrogen-bond acceptors (Lipinski definition) is 2. The summed E-state index contributed by atoms with van der Waals surface area (Å²) < 4.78 is 0. The van der Waals surface area contributed by atoms with Crippen LogP contribution in [0.2, 0.25) is 0 Å². The molecule has 3 N–H and O–H groups in total. The zero-order valence-electron chi connectivity index (χ0n) is 11.9. The maximum atomic E-state index is 5.96. The van der Waals surface area contributed by atoms with Gasteiger partial charge in [-0.1, -0.05) is 31.0 Å². The zero-order chi connectivity index (χ0) is 13.7. The van der Waals surface area contributed by atoms with Gasteiger partial charge in [-0.05, 0) is 39.1 Å². The molecule has 4 nitrogen and oxygen atoms in total. The van der Waals surface area contributed by atoms with Crippen LogP contribution < -0.4 is 11.1 Å². The van der Waals surface area contributed by atoms with Crippen molar-refractivity contribution in [2.45, 2.75) is 31.2 Å². The molecule has 1 aliphatic rings. The minimum atomic E-state index is 0.197. The first-order valence-corrected chi connectivity index (χ1v) is 6.92. The normalized spacial score (nSPS) is 18.8. The molecule has 1 aliphatic carbocycles. The number of hydrogen-bond donors (Lipinski definition) is 2. The van der Waals surface area contributed by atoms with E-state index in [1.165, 1.54) is 25.7 Å². The summed E-state index contributed by atoms with van der Waals surface area (Å²) in [6.07, 6.45) is 5.00. The Labute approximate surface area is 115 Å². The molecule has 2 rings (SSSR count). The van der Waals surface area contributed by atoms with Gasteiger partial charge in [-0.2, -0.15) is 0 Å².